The van der Waals surface area contributed by atoms with Gasteiger partial charge in [0.25, 0.3) is 0 Å². The second-order valence-corrected chi connectivity index (χ2v) is 5.24. The molecule has 4 unspecified atom stereocenters. The van der Waals surface area contributed by atoms with Crippen LogP contribution in [0.1, 0.15) is 26.2 Å². The zero-order chi connectivity index (χ0) is 10.4. The predicted octanol–water partition coefficient (Wildman–Crippen LogP) is 2.01. The maximum atomic E-state index is 13.4. The normalized spacial score (nSPS) is 46.4. The summed E-state index contributed by atoms with van der Waals surface area (Å²) in [6, 6.07) is 0.137. The van der Waals surface area contributed by atoms with E-state index in [4.69, 9.17) is 0 Å². The molecule has 3 aliphatic rings. The van der Waals surface area contributed by atoms with E-state index in [1.54, 1.807) is 0 Å². The molecule has 2 heterocycles. The van der Waals surface area contributed by atoms with Gasteiger partial charge in [0.05, 0.1) is 6.04 Å². The highest BCUT2D eigenvalue weighted by atomic mass is 35.5. The number of piperidine rings is 2. The van der Waals surface area contributed by atoms with Crippen LogP contribution in [-0.4, -0.2) is 25.3 Å². The molecule has 2 aliphatic heterocycles. The lowest BCUT2D eigenvalue weighted by Crippen LogP contribution is -2.32. The van der Waals surface area contributed by atoms with Crippen LogP contribution in [0, 0.1) is 11.8 Å². The minimum atomic E-state index is -0.588. The Morgan fingerprint density at radius 3 is 2.81 bits per heavy atom. The van der Waals surface area contributed by atoms with Crippen LogP contribution in [0.2, 0.25) is 0 Å². The lowest BCUT2D eigenvalue weighted by molar-refractivity contribution is 0.379. The van der Waals surface area contributed by atoms with E-state index in [0.717, 1.165) is 19.5 Å². The summed E-state index contributed by atoms with van der Waals surface area (Å²) in [6.07, 6.45) is 2.88. The number of alkyl halides is 1. The van der Waals surface area contributed by atoms with Gasteiger partial charge >= 0.3 is 0 Å². The Morgan fingerprint density at radius 2 is 2.19 bits per heavy atom. The fourth-order valence-electron chi connectivity index (χ4n) is 3.12. The first-order valence-corrected chi connectivity index (χ1v) is 6.09. The molecule has 0 bridgehead atoms. The lowest BCUT2D eigenvalue weighted by Gasteiger charge is -2.27. The molecule has 2 N–H and O–H groups in total. The number of nitrogens with one attached hydrogen (secondary N) is 2. The summed E-state index contributed by atoms with van der Waals surface area (Å²) in [7, 11) is 0. The van der Waals surface area contributed by atoms with Gasteiger partial charge in [-0.15, -0.1) is 12.4 Å². The minimum Gasteiger partial charge on any atom is -0.382 e. The van der Waals surface area contributed by atoms with Crippen molar-refractivity contribution in [3.63, 3.8) is 0 Å². The highest BCUT2D eigenvalue weighted by Gasteiger charge is 2.56. The van der Waals surface area contributed by atoms with E-state index in [1.165, 1.54) is 24.1 Å². The molecule has 0 radical (unpaired) electrons. The van der Waals surface area contributed by atoms with Crippen molar-refractivity contribution in [3.8, 4) is 0 Å². The summed E-state index contributed by atoms with van der Waals surface area (Å²) < 4.78 is 13.4. The Kier molecular flexibility index (Phi) is 3.45. The quantitative estimate of drug-likeness (QED) is 0.683. The van der Waals surface area contributed by atoms with Gasteiger partial charge in [0.2, 0.25) is 0 Å². The molecule has 1 saturated carbocycles. The highest BCUT2D eigenvalue weighted by Crippen LogP contribution is 2.47. The third-order valence-corrected chi connectivity index (χ3v) is 4.11. The molecule has 4 atom stereocenters. The second kappa shape index (κ2) is 4.53. The van der Waals surface area contributed by atoms with Crippen molar-refractivity contribution in [3.05, 3.63) is 11.3 Å². The molecule has 92 valence electrons. The first-order chi connectivity index (χ1) is 7.27. The van der Waals surface area contributed by atoms with Crippen LogP contribution in [0.5, 0.6) is 0 Å². The summed E-state index contributed by atoms with van der Waals surface area (Å²) in [5, 5.41) is 6.80. The predicted molar refractivity (Wildman–Crippen MR) is 65.5 cm³/mol. The van der Waals surface area contributed by atoms with Crippen molar-refractivity contribution in [1.82, 2.24) is 10.6 Å². The smallest absolute Gasteiger partial charge is 0.126 e. The Bertz CT molecular complexity index is 287. The van der Waals surface area contributed by atoms with Crippen molar-refractivity contribution < 1.29 is 4.39 Å². The van der Waals surface area contributed by atoms with Crippen molar-refractivity contribution in [2.45, 2.75) is 38.4 Å². The van der Waals surface area contributed by atoms with Gasteiger partial charge in [-0.3, -0.25) is 0 Å². The minimum absolute atomic E-state index is 0. The van der Waals surface area contributed by atoms with Gasteiger partial charge in [0.1, 0.15) is 6.17 Å². The number of allylic oxidation sites excluding steroid dienone is 1. The summed E-state index contributed by atoms with van der Waals surface area (Å²) >= 11 is 0. The van der Waals surface area contributed by atoms with Crippen LogP contribution in [0.25, 0.3) is 0 Å². The fraction of sp³-hybridized carbons (Fsp3) is 0.833. The van der Waals surface area contributed by atoms with Crippen molar-refractivity contribution in [2.24, 2.45) is 11.8 Å². The van der Waals surface area contributed by atoms with Gasteiger partial charge in [-0.25, -0.2) is 4.39 Å². The average molecular weight is 247 g/mol. The molecule has 0 aromatic rings. The number of halogens is 2. The van der Waals surface area contributed by atoms with Gasteiger partial charge in [-0.1, -0.05) is 6.92 Å². The van der Waals surface area contributed by atoms with Gasteiger partial charge < -0.3 is 10.6 Å². The average Bonchev–Trinajstić information content (AvgIpc) is 2.92. The molecule has 0 aromatic heterocycles. The molecule has 2 nitrogen and oxygen atoms in total. The summed E-state index contributed by atoms with van der Waals surface area (Å²) in [6.45, 7) is 4.32. The van der Waals surface area contributed by atoms with Crippen LogP contribution < -0.4 is 10.6 Å². The molecule has 3 rings (SSSR count). The molecule has 3 fully saturated rings. The molecule has 2 saturated heterocycles. The van der Waals surface area contributed by atoms with Crippen LogP contribution in [0.4, 0.5) is 4.39 Å². The van der Waals surface area contributed by atoms with Crippen LogP contribution in [0.15, 0.2) is 11.3 Å². The maximum Gasteiger partial charge on any atom is 0.126 e. The molecule has 4 heteroatoms. The van der Waals surface area contributed by atoms with Gasteiger partial charge in [0, 0.05) is 18.2 Å². The van der Waals surface area contributed by atoms with Crippen LogP contribution in [0.3, 0.4) is 0 Å². The van der Waals surface area contributed by atoms with E-state index in [-0.39, 0.29) is 18.4 Å². The highest BCUT2D eigenvalue weighted by molar-refractivity contribution is 5.85. The van der Waals surface area contributed by atoms with Gasteiger partial charge in [-0.05, 0) is 37.3 Å². The topological polar surface area (TPSA) is 24.1 Å². The third-order valence-electron chi connectivity index (χ3n) is 4.11. The molecule has 0 aromatic carbocycles. The SMILES string of the molecule is CC1C/C(=C2/CCCNC2)NC2C(F)C12.Cl. The Hall–Kier alpha value is -0.280. The first-order valence-electron chi connectivity index (χ1n) is 6.09. The fourth-order valence-corrected chi connectivity index (χ4v) is 3.12. The van der Waals surface area contributed by atoms with E-state index in [1.807, 2.05) is 0 Å². The largest absolute Gasteiger partial charge is 0.382 e. The number of hydrogen-bond acceptors (Lipinski definition) is 2. The molecule has 1 aliphatic carbocycles. The van der Waals surface area contributed by atoms with Gasteiger partial charge in [-0.2, -0.15) is 0 Å². The Balaban J connectivity index is 0.000000963. The molecular formula is C12H20ClFN2. The van der Waals surface area contributed by atoms with E-state index in [9.17, 15) is 4.39 Å². The summed E-state index contributed by atoms with van der Waals surface area (Å²) in [4.78, 5) is 0. The Morgan fingerprint density at radius 1 is 1.38 bits per heavy atom. The van der Waals surface area contributed by atoms with E-state index in [2.05, 4.69) is 17.6 Å². The van der Waals surface area contributed by atoms with Crippen LogP contribution in [-0.2, 0) is 0 Å². The number of hydrogen-bond donors (Lipinski definition) is 2. The zero-order valence-corrected chi connectivity index (χ0v) is 10.4. The maximum absolute atomic E-state index is 13.4. The first kappa shape index (κ1) is 12.2. The molecule has 0 spiro atoms. The Labute approximate surface area is 102 Å². The van der Waals surface area contributed by atoms with Crippen molar-refractivity contribution in [2.75, 3.05) is 13.1 Å². The van der Waals surface area contributed by atoms with Crippen molar-refractivity contribution in [1.29, 1.82) is 0 Å². The molecule has 16 heavy (non-hydrogen) atoms. The van der Waals surface area contributed by atoms with Gasteiger partial charge in [0.15, 0.2) is 0 Å². The number of fused-ring (bicyclic) bond motifs is 1. The second-order valence-electron chi connectivity index (χ2n) is 5.24. The van der Waals surface area contributed by atoms with Crippen LogP contribution >= 0.6 is 12.4 Å². The molecule has 0 amide bonds. The standard InChI is InChI=1S/C12H19FN2.ClH/c1-7-5-9(8-3-2-4-14-6-8)15-12-10(7)11(12)13;/h7,10-12,14-15H,2-6H2,1H3;1H/b9-8+;. The number of rotatable bonds is 0. The third kappa shape index (κ3) is 1.95. The van der Waals surface area contributed by atoms with Crippen molar-refractivity contribution >= 4 is 12.4 Å². The summed E-state index contributed by atoms with van der Waals surface area (Å²) in [5.74, 6) is 0.821. The summed E-state index contributed by atoms with van der Waals surface area (Å²) in [5.41, 5.74) is 2.83. The lowest BCUT2D eigenvalue weighted by atomic mass is 9.92. The van der Waals surface area contributed by atoms with E-state index in [0.29, 0.717) is 11.8 Å². The van der Waals surface area contributed by atoms with E-state index < -0.39 is 6.17 Å². The monoisotopic (exact) mass is 246 g/mol. The zero-order valence-electron chi connectivity index (χ0n) is 9.63. The molecular weight excluding hydrogens is 227 g/mol. The van der Waals surface area contributed by atoms with E-state index >= 15 is 0 Å².